The fourth-order valence-electron chi connectivity index (χ4n) is 2.08. The van der Waals surface area contributed by atoms with Crippen LogP contribution in [-0.4, -0.2) is 26.0 Å². The van der Waals surface area contributed by atoms with Crippen molar-refractivity contribution in [2.45, 2.75) is 24.5 Å². The average Bonchev–Trinajstić information content (AvgIpc) is 2.58. The van der Waals surface area contributed by atoms with E-state index < -0.39 is 9.84 Å². The first-order chi connectivity index (χ1) is 11.9. The van der Waals surface area contributed by atoms with Crippen molar-refractivity contribution >= 4 is 21.4 Å². The fourth-order valence-corrected chi connectivity index (χ4v) is 3.43. The van der Waals surface area contributed by atoms with E-state index in [9.17, 15) is 8.42 Å². The lowest BCUT2D eigenvalue weighted by Crippen LogP contribution is -2.37. The summed E-state index contributed by atoms with van der Waals surface area (Å²) in [5, 5.41) is 21.9. The van der Waals surface area contributed by atoms with Gasteiger partial charge in [-0.1, -0.05) is 17.7 Å². The van der Waals surface area contributed by atoms with Crippen LogP contribution in [-0.2, 0) is 15.6 Å². The summed E-state index contributed by atoms with van der Waals surface area (Å²) in [4.78, 5) is 0.207. The Kier molecular flexibility index (Phi) is 5.65. The van der Waals surface area contributed by atoms with E-state index in [1.807, 2.05) is 6.92 Å². The van der Waals surface area contributed by atoms with Crippen molar-refractivity contribution in [2.24, 2.45) is 0 Å². The Balaban J connectivity index is 2.43. The molecule has 0 unspecified atom stereocenters. The topological polar surface area (TPSA) is 106 Å². The summed E-state index contributed by atoms with van der Waals surface area (Å²) in [5.74, 6) is 1.49. The normalized spacial score (nSPS) is 10.6. The molecule has 2 aromatic rings. The lowest BCUT2D eigenvalue weighted by atomic mass is 10.2. The Morgan fingerprint density at radius 3 is 2.56 bits per heavy atom. The van der Waals surface area contributed by atoms with Crippen LogP contribution in [0.25, 0.3) is 11.1 Å². The number of hydrogen-bond acceptors (Lipinski definition) is 5. The second-order valence-corrected chi connectivity index (χ2v) is 7.16. The van der Waals surface area contributed by atoms with Crippen LogP contribution in [0.1, 0.15) is 18.1 Å². The Bertz CT molecular complexity index is 970. The molecule has 0 spiro atoms. The first-order valence-electron chi connectivity index (χ1n) is 7.43. The predicted molar refractivity (Wildman–Crippen MR) is 91.4 cm³/mol. The summed E-state index contributed by atoms with van der Waals surface area (Å²) >= 11 is 0. The molecule has 0 amide bonds. The molecule has 0 fully saturated rings. The third-order valence-corrected chi connectivity index (χ3v) is 5.02. The molecule has 7 nitrogen and oxygen atoms in total. The second-order valence-electron chi connectivity index (χ2n) is 5.17. The smallest absolute Gasteiger partial charge is 0.335 e. The summed E-state index contributed by atoms with van der Waals surface area (Å²) in [6.07, 6.45) is 1.37. The highest BCUT2D eigenvalue weighted by atomic mass is 32.2. The van der Waals surface area contributed by atoms with Crippen LogP contribution < -0.4 is 9.42 Å². The first kappa shape index (κ1) is 18.3. The lowest BCUT2D eigenvalue weighted by molar-refractivity contribution is -0.642. The second kappa shape index (κ2) is 7.71. The van der Waals surface area contributed by atoms with Gasteiger partial charge in [-0.05, 0) is 30.7 Å². The van der Waals surface area contributed by atoms with Gasteiger partial charge in [-0.15, -0.1) is 0 Å². The van der Waals surface area contributed by atoms with E-state index >= 15 is 0 Å². The summed E-state index contributed by atoms with van der Waals surface area (Å²) in [7, 11) is -3.58. The van der Waals surface area contributed by atoms with Crippen molar-refractivity contribution < 1.29 is 17.8 Å². The molecule has 0 saturated heterocycles. The molecule has 1 aromatic heterocycles. The maximum absolute atomic E-state index is 12.6. The van der Waals surface area contributed by atoms with E-state index in [1.54, 1.807) is 43.1 Å². The molecule has 1 aromatic carbocycles. The number of benzene rings is 1. The number of allylic oxidation sites excluding steroid dienone is 1. The Morgan fingerprint density at radius 2 is 2.00 bits per heavy atom. The molecular weight excluding hydrogens is 340 g/mol. The van der Waals surface area contributed by atoms with Crippen molar-refractivity contribution in [3.63, 3.8) is 0 Å². The minimum atomic E-state index is -3.58. The molecule has 1 heterocycles. The number of aromatic nitrogens is 2. The van der Waals surface area contributed by atoms with E-state index in [2.05, 4.69) is 5.10 Å². The molecular formula is C17H16N4O3S. The molecule has 0 radical (unpaired) electrons. The highest BCUT2D eigenvalue weighted by Crippen LogP contribution is 2.21. The monoisotopic (exact) mass is 356 g/mol. The van der Waals surface area contributed by atoms with Crippen molar-refractivity contribution in [2.75, 3.05) is 6.61 Å². The minimum Gasteiger partial charge on any atom is -0.757 e. The summed E-state index contributed by atoms with van der Waals surface area (Å²) in [5.41, 5.74) is 1.08. The van der Waals surface area contributed by atoms with Gasteiger partial charge >= 0.3 is 5.70 Å². The number of hydrogen-bond donors (Lipinski definition) is 0. The molecule has 8 heteroatoms. The van der Waals surface area contributed by atoms with Crippen molar-refractivity contribution in [1.82, 2.24) is 5.10 Å². The largest absolute Gasteiger partial charge is 0.757 e. The van der Waals surface area contributed by atoms with E-state index in [0.717, 1.165) is 10.2 Å². The predicted octanol–water partition coefficient (Wildman–Crippen LogP) is 1.65. The zero-order chi connectivity index (χ0) is 18.4. The van der Waals surface area contributed by atoms with Gasteiger partial charge in [0.25, 0.3) is 5.88 Å². The van der Waals surface area contributed by atoms with Crippen LogP contribution in [0.3, 0.4) is 0 Å². The number of ether oxygens (including phenoxy) is 1. The van der Waals surface area contributed by atoms with Gasteiger partial charge in [0.1, 0.15) is 0 Å². The molecule has 0 aliphatic carbocycles. The molecule has 0 N–H and O–H groups in total. The van der Waals surface area contributed by atoms with Crippen molar-refractivity contribution in [1.29, 1.82) is 5.26 Å². The number of sulfone groups is 1. The van der Waals surface area contributed by atoms with Gasteiger partial charge in [0.05, 0.1) is 17.3 Å². The third-order valence-electron chi connectivity index (χ3n) is 3.34. The van der Waals surface area contributed by atoms with Crippen LogP contribution in [0.15, 0.2) is 41.4 Å². The molecule has 128 valence electrons. The summed E-state index contributed by atoms with van der Waals surface area (Å²) < 4.78 is 31.7. The summed E-state index contributed by atoms with van der Waals surface area (Å²) in [6.45, 7) is 3.88. The Morgan fingerprint density at radius 1 is 1.32 bits per heavy atom. The minimum absolute atomic E-state index is 0.0729. The van der Waals surface area contributed by atoms with E-state index in [4.69, 9.17) is 15.4 Å². The molecule has 0 atom stereocenters. The number of rotatable bonds is 6. The zero-order valence-electron chi connectivity index (χ0n) is 13.8. The summed E-state index contributed by atoms with van der Waals surface area (Å²) in [6, 6.07) is 9.77. The lowest BCUT2D eigenvalue weighted by Gasteiger charge is -2.08. The van der Waals surface area contributed by atoms with Crippen LogP contribution >= 0.6 is 0 Å². The van der Waals surface area contributed by atoms with Crippen molar-refractivity contribution in [3.8, 4) is 11.9 Å². The molecule has 0 bridgehead atoms. The van der Waals surface area contributed by atoms with Gasteiger partial charge in [-0.2, -0.15) is 11.1 Å². The zero-order valence-corrected chi connectivity index (χ0v) is 14.6. The molecule has 2 rings (SSSR count). The van der Waals surface area contributed by atoms with Gasteiger partial charge in [0.2, 0.25) is 6.20 Å². The standard InChI is InChI=1S/C17H16N4O3S/c1-3-24-17-14(8-9-21(20-17)15(10-18)11-19)12-25(22,23)16-6-4-13(2)5-7-16/h4-9H,3,12H2,1-2H3. The average molecular weight is 356 g/mol. The van der Waals surface area contributed by atoms with E-state index in [-0.39, 0.29) is 28.8 Å². The van der Waals surface area contributed by atoms with E-state index in [0.29, 0.717) is 5.56 Å². The Labute approximate surface area is 146 Å². The van der Waals surface area contributed by atoms with Gasteiger partial charge < -0.3 is 10.1 Å². The first-order valence-corrected chi connectivity index (χ1v) is 9.08. The van der Waals surface area contributed by atoms with Crippen LogP contribution in [0.5, 0.6) is 5.88 Å². The highest BCUT2D eigenvalue weighted by molar-refractivity contribution is 7.90. The highest BCUT2D eigenvalue weighted by Gasteiger charge is 2.22. The van der Waals surface area contributed by atoms with Crippen LogP contribution in [0.4, 0.5) is 0 Å². The third kappa shape index (κ3) is 4.29. The maximum Gasteiger partial charge on any atom is 0.335 e. The Hall–Kier alpha value is -3.01. The fraction of sp³-hybridized carbons (Fsp3) is 0.235. The van der Waals surface area contributed by atoms with Gasteiger partial charge in [0.15, 0.2) is 15.9 Å². The van der Waals surface area contributed by atoms with Gasteiger partial charge in [-0.25, -0.2) is 8.42 Å². The van der Waals surface area contributed by atoms with Crippen LogP contribution in [0.2, 0.25) is 0 Å². The van der Waals surface area contributed by atoms with Crippen LogP contribution in [0, 0.1) is 18.3 Å². The molecule has 25 heavy (non-hydrogen) atoms. The number of nitriles is 1. The van der Waals surface area contributed by atoms with E-state index in [1.165, 1.54) is 12.3 Å². The quantitative estimate of drug-likeness (QED) is 0.444. The number of nitrogens with zero attached hydrogens (tertiary/aromatic N) is 4. The molecule has 0 aliphatic rings. The number of aryl methyl sites for hydroxylation is 1. The van der Waals surface area contributed by atoms with Crippen molar-refractivity contribution in [3.05, 3.63) is 53.1 Å². The molecule has 0 saturated carbocycles. The van der Waals surface area contributed by atoms with Gasteiger partial charge in [0, 0.05) is 16.7 Å². The molecule has 0 aliphatic heterocycles. The van der Waals surface area contributed by atoms with Gasteiger partial charge in [-0.3, -0.25) is 0 Å². The SMILES string of the molecule is CCOc1n[n+](C(=C=[N-])C#N)ccc1CS(=O)(=O)c1ccc(C)cc1. The maximum atomic E-state index is 12.6.